The fourth-order valence-corrected chi connectivity index (χ4v) is 2.85. The minimum atomic E-state index is -4.38. The standard InChI is InChI=1S/C14H15F3N2O3/c15-14(16,17)8-22-12-3-1-9(2-4-12)18-6-10-5-11(20)7-19(10)13(18)21/h1-4,10-11,20H,5-8H2/t10-,11+/m1/s1. The predicted molar refractivity (Wildman–Crippen MR) is 71.9 cm³/mol. The summed E-state index contributed by atoms with van der Waals surface area (Å²) in [6.45, 7) is -0.547. The molecule has 2 amide bonds. The predicted octanol–water partition coefficient (Wildman–Crippen LogP) is 2.00. The number of ether oxygens (including phenoxy) is 1. The number of amides is 2. The van der Waals surface area contributed by atoms with E-state index in [1.54, 1.807) is 21.9 Å². The number of benzene rings is 1. The number of alkyl halides is 3. The molecule has 3 rings (SSSR count). The number of halogens is 3. The molecule has 2 atom stereocenters. The molecule has 0 radical (unpaired) electrons. The Hall–Kier alpha value is -1.96. The fraction of sp³-hybridized carbons (Fsp3) is 0.500. The van der Waals surface area contributed by atoms with Gasteiger partial charge in [-0.05, 0) is 30.7 Å². The van der Waals surface area contributed by atoms with E-state index in [9.17, 15) is 23.1 Å². The number of hydrogen-bond acceptors (Lipinski definition) is 3. The van der Waals surface area contributed by atoms with E-state index in [1.807, 2.05) is 0 Å². The molecule has 2 fully saturated rings. The molecule has 8 heteroatoms. The Morgan fingerprint density at radius 3 is 2.50 bits per heavy atom. The molecule has 2 heterocycles. The zero-order valence-corrected chi connectivity index (χ0v) is 11.6. The highest BCUT2D eigenvalue weighted by atomic mass is 19.4. The number of rotatable bonds is 3. The Morgan fingerprint density at radius 2 is 1.91 bits per heavy atom. The SMILES string of the molecule is O=C1N(c2ccc(OCC(F)(F)F)cc2)C[C@H]2C[C@H](O)CN12. The Balaban J connectivity index is 1.65. The highest BCUT2D eigenvalue weighted by Gasteiger charge is 2.43. The second-order valence-electron chi connectivity index (χ2n) is 5.49. The van der Waals surface area contributed by atoms with Crippen molar-refractivity contribution in [3.63, 3.8) is 0 Å². The third-order valence-electron chi connectivity index (χ3n) is 3.81. The van der Waals surface area contributed by atoms with Gasteiger partial charge in [-0.1, -0.05) is 0 Å². The van der Waals surface area contributed by atoms with E-state index >= 15 is 0 Å². The third kappa shape index (κ3) is 2.96. The molecule has 0 bridgehead atoms. The summed E-state index contributed by atoms with van der Waals surface area (Å²) in [6.07, 6.45) is -4.31. The summed E-state index contributed by atoms with van der Waals surface area (Å²) in [7, 11) is 0. The lowest BCUT2D eigenvalue weighted by Crippen LogP contribution is -2.33. The molecule has 0 spiro atoms. The second kappa shape index (κ2) is 5.35. The fourth-order valence-electron chi connectivity index (χ4n) is 2.85. The van der Waals surface area contributed by atoms with Crippen LogP contribution in [0, 0.1) is 0 Å². The number of anilines is 1. The van der Waals surface area contributed by atoms with Gasteiger partial charge in [0.2, 0.25) is 0 Å². The number of hydrogen-bond donors (Lipinski definition) is 1. The summed E-state index contributed by atoms with van der Waals surface area (Å²) < 4.78 is 40.9. The van der Waals surface area contributed by atoms with Gasteiger partial charge in [-0.2, -0.15) is 13.2 Å². The van der Waals surface area contributed by atoms with Gasteiger partial charge in [0.15, 0.2) is 6.61 Å². The van der Waals surface area contributed by atoms with Crippen molar-refractivity contribution < 1.29 is 27.8 Å². The molecule has 1 aromatic rings. The van der Waals surface area contributed by atoms with Crippen molar-refractivity contribution in [2.75, 3.05) is 24.6 Å². The first kappa shape index (κ1) is 15.0. The van der Waals surface area contributed by atoms with Crippen LogP contribution >= 0.6 is 0 Å². The van der Waals surface area contributed by atoms with Crippen LogP contribution in [0.25, 0.3) is 0 Å². The minimum absolute atomic E-state index is 0.0105. The normalized spacial score (nSPS) is 24.8. The molecule has 2 aliphatic heterocycles. The quantitative estimate of drug-likeness (QED) is 0.928. The zero-order valence-electron chi connectivity index (χ0n) is 11.6. The molecule has 0 aliphatic carbocycles. The Morgan fingerprint density at radius 1 is 1.23 bits per heavy atom. The van der Waals surface area contributed by atoms with Crippen LogP contribution in [0.3, 0.4) is 0 Å². The van der Waals surface area contributed by atoms with Gasteiger partial charge in [0.25, 0.3) is 0 Å². The van der Waals surface area contributed by atoms with E-state index in [0.717, 1.165) is 0 Å². The molecule has 1 aromatic carbocycles. The van der Waals surface area contributed by atoms with Gasteiger partial charge in [0.1, 0.15) is 5.75 Å². The first-order chi connectivity index (χ1) is 10.3. The maximum absolute atomic E-state index is 12.2. The Kier molecular flexibility index (Phi) is 3.64. The molecule has 1 N–H and O–H groups in total. The smallest absolute Gasteiger partial charge is 0.422 e. The zero-order chi connectivity index (χ0) is 15.9. The summed E-state index contributed by atoms with van der Waals surface area (Å²) in [4.78, 5) is 15.4. The second-order valence-corrected chi connectivity index (χ2v) is 5.49. The molecule has 2 aliphatic rings. The van der Waals surface area contributed by atoms with E-state index in [0.29, 0.717) is 25.2 Å². The molecular formula is C14H15F3N2O3. The van der Waals surface area contributed by atoms with E-state index in [4.69, 9.17) is 0 Å². The van der Waals surface area contributed by atoms with Gasteiger partial charge >= 0.3 is 12.2 Å². The summed E-state index contributed by atoms with van der Waals surface area (Å²) in [5, 5.41) is 9.55. The van der Waals surface area contributed by atoms with Crippen LogP contribution in [-0.2, 0) is 0 Å². The lowest BCUT2D eigenvalue weighted by molar-refractivity contribution is -0.153. The van der Waals surface area contributed by atoms with Crippen molar-refractivity contribution in [3.05, 3.63) is 24.3 Å². The van der Waals surface area contributed by atoms with Crippen LogP contribution in [0.4, 0.5) is 23.7 Å². The van der Waals surface area contributed by atoms with Crippen molar-refractivity contribution >= 4 is 11.7 Å². The number of aliphatic hydroxyl groups is 1. The van der Waals surface area contributed by atoms with Crippen LogP contribution in [0.2, 0.25) is 0 Å². The van der Waals surface area contributed by atoms with Crippen molar-refractivity contribution in [3.8, 4) is 5.75 Å². The van der Waals surface area contributed by atoms with Gasteiger partial charge < -0.3 is 14.7 Å². The summed E-state index contributed by atoms with van der Waals surface area (Å²) in [6, 6.07) is 5.73. The van der Waals surface area contributed by atoms with Crippen LogP contribution in [-0.4, -0.2) is 54.1 Å². The highest BCUT2D eigenvalue weighted by molar-refractivity contribution is 5.95. The van der Waals surface area contributed by atoms with E-state index in [-0.39, 0.29) is 17.8 Å². The van der Waals surface area contributed by atoms with Gasteiger partial charge in [-0.3, -0.25) is 4.90 Å². The molecule has 5 nitrogen and oxygen atoms in total. The maximum atomic E-state index is 12.2. The average molecular weight is 316 g/mol. The number of urea groups is 1. The first-order valence-electron chi connectivity index (χ1n) is 6.89. The van der Waals surface area contributed by atoms with E-state index < -0.39 is 18.9 Å². The topological polar surface area (TPSA) is 53.0 Å². The van der Waals surface area contributed by atoms with E-state index in [2.05, 4.69) is 4.74 Å². The number of fused-ring (bicyclic) bond motifs is 1. The number of carbonyl (C=O) groups excluding carboxylic acids is 1. The van der Waals surface area contributed by atoms with Crippen molar-refractivity contribution in [2.45, 2.75) is 24.7 Å². The Labute approximate surface area is 124 Å². The summed E-state index contributed by atoms with van der Waals surface area (Å²) >= 11 is 0. The summed E-state index contributed by atoms with van der Waals surface area (Å²) in [5.74, 6) is 0.101. The first-order valence-corrected chi connectivity index (χ1v) is 6.89. The number of aliphatic hydroxyl groups excluding tert-OH is 1. The van der Waals surface area contributed by atoms with E-state index in [1.165, 1.54) is 12.1 Å². The molecule has 120 valence electrons. The Bertz CT molecular complexity index is 561. The summed E-state index contributed by atoms with van der Waals surface area (Å²) in [5.41, 5.74) is 0.605. The van der Waals surface area contributed by atoms with Crippen LogP contribution in [0.15, 0.2) is 24.3 Å². The van der Waals surface area contributed by atoms with Crippen molar-refractivity contribution in [1.29, 1.82) is 0 Å². The van der Waals surface area contributed by atoms with Gasteiger partial charge in [0, 0.05) is 18.8 Å². The third-order valence-corrected chi connectivity index (χ3v) is 3.81. The van der Waals surface area contributed by atoms with Crippen LogP contribution < -0.4 is 9.64 Å². The lowest BCUT2D eigenvalue weighted by Gasteiger charge is -2.18. The molecule has 0 unspecified atom stereocenters. The largest absolute Gasteiger partial charge is 0.484 e. The number of carbonyl (C=O) groups is 1. The van der Waals surface area contributed by atoms with Crippen LogP contribution in [0.5, 0.6) is 5.75 Å². The van der Waals surface area contributed by atoms with Crippen molar-refractivity contribution in [2.24, 2.45) is 0 Å². The minimum Gasteiger partial charge on any atom is -0.484 e. The maximum Gasteiger partial charge on any atom is 0.422 e. The average Bonchev–Trinajstić information content (AvgIpc) is 2.95. The monoisotopic (exact) mass is 316 g/mol. The molecule has 0 saturated carbocycles. The molecular weight excluding hydrogens is 301 g/mol. The van der Waals surface area contributed by atoms with Gasteiger partial charge in [-0.25, -0.2) is 4.79 Å². The molecule has 2 saturated heterocycles. The van der Waals surface area contributed by atoms with Crippen LogP contribution in [0.1, 0.15) is 6.42 Å². The van der Waals surface area contributed by atoms with Gasteiger partial charge in [-0.15, -0.1) is 0 Å². The van der Waals surface area contributed by atoms with Crippen molar-refractivity contribution in [1.82, 2.24) is 4.90 Å². The lowest BCUT2D eigenvalue weighted by atomic mass is 10.2. The number of nitrogens with zero attached hydrogens (tertiary/aromatic N) is 2. The molecule has 0 aromatic heterocycles. The highest BCUT2D eigenvalue weighted by Crippen LogP contribution is 2.31. The molecule has 22 heavy (non-hydrogen) atoms. The van der Waals surface area contributed by atoms with Gasteiger partial charge in [0.05, 0.1) is 12.1 Å².